The first-order valence-electron chi connectivity index (χ1n) is 9.05. The molecule has 0 bridgehead atoms. The minimum Gasteiger partial charge on any atom is -0.394 e. The number of aliphatic hydroxyl groups is 6. The fourth-order valence-corrected chi connectivity index (χ4v) is 3.38. The van der Waals surface area contributed by atoms with Crippen LogP contribution >= 0.6 is 0 Å². The average Bonchev–Trinajstić information content (AvgIpc) is 2.65. The van der Waals surface area contributed by atoms with Gasteiger partial charge in [-0.3, -0.25) is 9.59 Å². The highest BCUT2D eigenvalue weighted by Crippen LogP contribution is 2.28. The second-order valence-electron chi connectivity index (χ2n) is 7.00. The SMILES string of the molecule is CC(=O)N[C@@H]1[C@@H](O[C@@H]2O[C@H](CO)[C@H](O)[C@H](O)[C@H]2NC(C)=O)[C@@H](O)[C@@H](CO)O[C@@H]1O. The quantitative estimate of drug-likeness (QED) is 0.202. The van der Waals surface area contributed by atoms with Gasteiger partial charge in [-0.1, -0.05) is 0 Å². The molecule has 0 aromatic rings. The summed E-state index contributed by atoms with van der Waals surface area (Å²) in [5, 5.41) is 64.5. The highest BCUT2D eigenvalue weighted by Gasteiger charge is 2.51. The number of carbonyl (C=O) groups excluding carboxylic acids is 2. The van der Waals surface area contributed by atoms with E-state index in [-0.39, 0.29) is 0 Å². The van der Waals surface area contributed by atoms with Crippen LogP contribution in [-0.2, 0) is 23.8 Å². The molecule has 13 nitrogen and oxygen atoms in total. The molecule has 2 fully saturated rings. The summed E-state index contributed by atoms with van der Waals surface area (Å²) in [6.07, 6.45) is -11.8. The molecule has 0 radical (unpaired) electrons. The minimum atomic E-state index is -1.66. The Hall–Kier alpha value is -1.42. The van der Waals surface area contributed by atoms with Crippen molar-refractivity contribution >= 4 is 11.8 Å². The van der Waals surface area contributed by atoms with Gasteiger partial charge in [0.25, 0.3) is 0 Å². The zero-order valence-electron chi connectivity index (χ0n) is 15.9. The molecule has 8 N–H and O–H groups in total. The molecular weight excluding hydrogens is 396 g/mol. The van der Waals surface area contributed by atoms with Crippen LogP contribution in [0.15, 0.2) is 0 Å². The van der Waals surface area contributed by atoms with Gasteiger partial charge in [0.05, 0.1) is 13.2 Å². The lowest BCUT2D eigenvalue weighted by molar-refractivity contribution is -0.323. The fraction of sp³-hybridized carbons (Fsp3) is 0.875. The minimum absolute atomic E-state index is 0.576. The number of hydrogen-bond donors (Lipinski definition) is 8. The Morgan fingerprint density at radius 2 is 1.34 bits per heavy atom. The third kappa shape index (κ3) is 5.39. The van der Waals surface area contributed by atoms with Gasteiger partial charge in [-0.05, 0) is 0 Å². The van der Waals surface area contributed by atoms with Gasteiger partial charge < -0.3 is 55.5 Å². The monoisotopic (exact) mass is 424 g/mol. The fourth-order valence-electron chi connectivity index (χ4n) is 3.38. The van der Waals surface area contributed by atoms with Crippen molar-refractivity contribution < 1.29 is 54.4 Å². The van der Waals surface area contributed by atoms with Crippen LogP contribution in [0.5, 0.6) is 0 Å². The number of hydrogen-bond acceptors (Lipinski definition) is 11. The molecule has 2 aliphatic rings. The maximum atomic E-state index is 11.5. The number of aliphatic hydroxyl groups excluding tert-OH is 6. The normalized spacial score (nSPS) is 42.9. The maximum Gasteiger partial charge on any atom is 0.217 e. The van der Waals surface area contributed by atoms with Crippen LogP contribution < -0.4 is 10.6 Å². The van der Waals surface area contributed by atoms with Gasteiger partial charge in [-0.15, -0.1) is 0 Å². The third-order valence-electron chi connectivity index (χ3n) is 4.78. The Bertz CT molecular complexity index is 579. The van der Waals surface area contributed by atoms with Crippen LogP contribution in [0, 0.1) is 0 Å². The Balaban J connectivity index is 2.31. The summed E-state index contributed by atoms with van der Waals surface area (Å²) in [7, 11) is 0. The largest absolute Gasteiger partial charge is 0.394 e. The van der Waals surface area contributed by atoms with Gasteiger partial charge in [-0.2, -0.15) is 0 Å². The molecule has 0 unspecified atom stereocenters. The van der Waals surface area contributed by atoms with Crippen molar-refractivity contribution in [1.29, 1.82) is 0 Å². The van der Waals surface area contributed by atoms with E-state index in [1.54, 1.807) is 0 Å². The predicted octanol–water partition coefficient (Wildman–Crippen LogP) is -5.11. The summed E-state index contributed by atoms with van der Waals surface area (Å²) in [6, 6.07) is -2.59. The van der Waals surface area contributed by atoms with E-state index < -0.39 is 86.3 Å². The average molecular weight is 424 g/mol. The Labute approximate surface area is 166 Å². The number of rotatable bonds is 6. The van der Waals surface area contributed by atoms with E-state index in [0.29, 0.717) is 0 Å². The lowest BCUT2D eigenvalue weighted by atomic mass is 9.94. The van der Waals surface area contributed by atoms with E-state index in [4.69, 9.17) is 14.2 Å². The summed E-state index contributed by atoms with van der Waals surface area (Å²) < 4.78 is 16.2. The molecule has 0 aromatic heterocycles. The first-order chi connectivity index (χ1) is 13.6. The number of ether oxygens (including phenoxy) is 3. The Morgan fingerprint density at radius 3 is 1.86 bits per heavy atom. The summed E-state index contributed by atoms with van der Waals surface area (Å²) >= 11 is 0. The summed E-state index contributed by atoms with van der Waals surface area (Å²) in [5.41, 5.74) is 0. The second-order valence-corrected chi connectivity index (χ2v) is 7.00. The Kier molecular flexibility index (Phi) is 8.28. The highest BCUT2D eigenvalue weighted by molar-refractivity contribution is 5.73. The van der Waals surface area contributed by atoms with Crippen molar-refractivity contribution in [2.45, 2.75) is 75.1 Å². The molecule has 168 valence electrons. The lowest BCUT2D eigenvalue weighted by Crippen LogP contribution is -2.69. The second kappa shape index (κ2) is 10.1. The molecule has 10 atom stereocenters. The van der Waals surface area contributed by atoms with Crippen LogP contribution in [0.3, 0.4) is 0 Å². The predicted molar refractivity (Wildman–Crippen MR) is 91.8 cm³/mol. The van der Waals surface area contributed by atoms with Crippen molar-refractivity contribution in [3.05, 3.63) is 0 Å². The summed E-state index contributed by atoms with van der Waals surface area (Å²) in [4.78, 5) is 23.0. The molecule has 0 aliphatic carbocycles. The van der Waals surface area contributed by atoms with Gasteiger partial charge in [0.15, 0.2) is 12.6 Å². The number of nitrogens with one attached hydrogen (secondary N) is 2. The Morgan fingerprint density at radius 1 is 0.828 bits per heavy atom. The van der Waals surface area contributed by atoms with E-state index in [0.717, 1.165) is 13.8 Å². The van der Waals surface area contributed by atoms with Crippen molar-refractivity contribution in [1.82, 2.24) is 10.6 Å². The zero-order chi connectivity index (χ0) is 21.9. The van der Waals surface area contributed by atoms with Crippen LogP contribution in [0.2, 0.25) is 0 Å². The molecule has 2 amide bonds. The van der Waals surface area contributed by atoms with E-state index >= 15 is 0 Å². The molecule has 2 rings (SSSR count). The maximum absolute atomic E-state index is 11.5. The van der Waals surface area contributed by atoms with Gasteiger partial charge in [0, 0.05) is 13.8 Å². The molecule has 0 spiro atoms. The van der Waals surface area contributed by atoms with Crippen molar-refractivity contribution in [2.75, 3.05) is 13.2 Å². The van der Waals surface area contributed by atoms with E-state index in [2.05, 4.69) is 10.6 Å². The number of amides is 2. The van der Waals surface area contributed by atoms with Crippen LogP contribution in [-0.4, -0.2) is 117 Å². The zero-order valence-corrected chi connectivity index (χ0v) is 15.9. The topological polar surface area (TPSA) is 207 Å². The number of carbonyl (C=O) groups is 2. The highest BCUT2D eigenvalue weighted by atomic mass is 16.7. The van der Waals surface area contributed by atoms with E-state index in [9.17, 15) is 40.2 Å². The molecular formula is C16H28N2O11. The van der Waals surface area contributed by atoms with Crippen molar-refractivity contribution in [3.8, 4) is 0 Å². The van der Waals surface area contributed by atoms with Crippen LogP contribution in [0.1, 0.15) is 13.8 Å². The van der Waals surface area contributed by atoms with Gasteiger partial charge in [0.1, 0.15) is 48.7 Å². The summed E-state index contributed by atoms with van der Waals surface area (Å²) in [5.74, 6) is -1.16. The van der Waals surface area contributed by atoms with Crippen molar-refractivity contribution in [2.24, 2.45) is 0 Å². The molecule has 2 aliphatic heterocycles. The standard InChI is InChI=1S/C16H28N2O11/c1-5(21)17-9-13(25)11(23)7(3-19)28-16(9)29-14-10(18-6(2)22)15(26)27-8(4-20)12(14)24/h7-16,19-20,23-26H,3-4H2,1-2H3,(H,17,21)(H,18,22)/t7-,8-,9-,10-,11+,12+,13-,14-,15+,16+/m1/s1. The molecule has 13 heteroatoms. The lowest BCUT2D eigenvalue weighted by Gasteiger charge is -2.47. The third-order valence-corrected chi connectivity index (χ3v) is 4.78. The van der Waals surface area contributed by atoms with Crippen LogP contribution in [0.4, 0.5) is 0 Å². The first kappa shape index (κ1) is 23.9. The van der Waals surface area contributed by atoms with E-state index in [1.165, 1.54) is 0 Å². The smallest absolute Gasteiger partial charge is 0.217 e. The van der Waals surface area contributed by atoms with Crippen molar-refractivity contribution in [3.63, 3.8) is 0 Å². The van der Waals surface area contributed by atoms with Gasteiger partial charge in [-0.25, -0.2) is 0 Å². The summed E-state index contributed by atoms with van der Waals surface area (Å²) in [6.45, 7) is 0.959. The van der Waals surface area contributed by atoms with Gasteiger partial charge >= 0.3 is 0 Å². The molecule has 0 aromatic carbocycles. The molecule has 29 heavy (non-hydrogen) atoms. The molecule has 2 heterocycles. The first-order valence-corrected chi connectivity index (χ1v) is 9.05. The van der Waals surface area contributed by atoms with Crippen LogP contribution in [0.25, 0.3) is 0 Å². The molecule has 0 saturated carbocycles. The molecule has 2 saturated heterocycles. The van der Waals surface area contributed by atoms with E-state index in [1.807, 2.05) is 0 Å². The van der Waals surface area contributed by atoms with Gasteiger partial charge in [0.2, 0.25) is 11.8 Å².